The van der Waals surface area contributed by atoms with Crippen LogP contribution in [0.4, 0.5) is 0 Å². The van der Waals surface area contributed by atoms with Crippen LogP contribution in [0, 0.1) is 0 Å². The van der Waals surface area contributed by atoms with Crippen molar-refractivity contribution in [3.05, 3.63) is 34.0 Å². The van der Waals surface area contributed by atoms with E-state index in [2.05, 4.69) is 15.9 Å². The highest BCUT2D eigenvalue weighted by Gasteiger charge is 2.53. The molecule has 1 aromatic carbocycles. The van der Waals surface area contributed by atoms with Crippen molar-refractivity contribution in [3.63, 3.8) is 0 Å². The Bertz CT molecular complexity index is 1000. The van der Waals surface area contributed by atoms with Crippen molar-refractivity contribution in [2.75, 3.05) is 12.4 Å². The van der Waals surface area contributed by atoms with Crippen LogP contribution >= 0.6 is 27.7 Å². The van der Waals surface area contributed by atoms with Gasteiger partial charge in [0.1, 0.15) is 18.2 Å². The largest absolute Gasteiger partial charge is 0.460 e. The summed E-state index contributed by atoms with van der Waals surface area (Å²) in [5, 5.41) is 0.665. The summed E-state index contributed by atoms with van der Waals surface area (Å²) in [7, 11) is 0. The standard InChI is InChI=1S/C20H20BrNO6S/c1-3-26-19(25)17-13(12-8-11(21)4-5-15(12)28-17)9-27-18(24)14-10-29-20(2)7-6-16(23)22(14)20/h4-5,8,14H,3,6-7,9-10H2,1-2H3/t14-,20+/m1/s1. The lowest BCUT2D eigenvalue weighted by molar-refractivity contribution is -0.154. The van der Waals surface area contributed by atoms with Gasteiger partial charge in [0, 0.05) is 22.0 Å². The van der Waals surface area contributed by atoms with Gasteiger partial charge in [-0.2, -0.15) is 0 Å². The summed E-state index contributed by atoms with van der Waals surface area (Å²) in [5.74, 6) is -0.580. The van der Waals surface area contributed by atoms with E-state index >= 15 is 0 Å². The normalized spacial score (nSPS) is 23.5. The summed E-state index contributed by atoms with van der Waals surface area (Å²) >= 11 is 5.01. The predicted octanol–water partition coefficient (Wildman–Crippen LogP) is 3.87. The zero-order valence-electron chi connectivity index (χ0n) is 16.0. The predicted molar refractivity (Wildman–Crippen MR) is 110 cm³/mol. The van der Waals surface area contributed by atoms with Crippen LogP contribution in [0.3, 0.4) is 0 Å². The number of ether oxygens (including phenoxy) is 2. The molecule has 2 fully saturated rings. The number of amides is 1. The number of rotatable bonds is 5. The van der Waals surface area contributed by atoms with Crippen LogP contribution in [-0.2, 0) is 25.7 Å². The number of fused-ring (bicyclic) bond motifs is 2. The third-order valence-corrected chi connectivity index (χ3v) is 7.29. The minimum Gasteiger partial charge on any atom is -0.460 e. The lowest BCUT2D eigenvalue weighted by Gasteiger charge is -2.29. The molecule has 0 N–H and O–H groups in total. The quantitative estimate of drug-likeness (QED) is 0.598. The van der Waals surface area contributed by atoms with Crippen molar-refractivity contribution >= 4 is 56.5 Å². The molecule has 154 valence electrons. The molecule has 2 atom stereocenters. The molecule has 2 aromatic rings. The molecule has 1 amide bonds. The lowest BCUT2D eigenvalue weighted by atomic mass is 10.1. The van der Waals surface area contributed by atoms with Gasteiger partial charge in [0.15, 0.2) is 0 Å². The number of halogens is 1. The molecule has 0 aliphatic carbocycles. The lowest BCUT2D eigenvalue weighted by Crippen LogP contribution is -2.46. The van der Waals surface area contributed by atoms with E-state index in [0.717, 1.165) is 10.9 Å². The van der Waals surface area contributed by atoms with E-state index in [4.69, 9.17) is 13.9 Å². The van der Waals surface area contributed by atoms with E-state index < -0.39 is 18.0 Å². The number of carbonyl (C=O) groups excluding carboxylic acids is 3. The average molecular weight is 482 g/mol. The molecule has 0 saturated carbocycles. The molecule has 0 unspecified atom stereocenters. The Hall–Kier alpha value is -2.00. The van der Waals surface area contributed by atoms with E-state index in [9.17, 15) is 14.4 Å². The van der Waals surface area contributed by atoms with Crippen LogP contribution < -0.4 is 0 Å². The molecular weight excluding hydrogens is 462 g/mol. The molecule has 2 saturated heterocycles. The second-order valence-electron chi connectivity index (χ2n) is 7.14. The average Bonchev–Trinajstić information content (AvgIpc) is 3.31. The van der Waals surface area contributed by atoms with Crippen molar-refractivity contribution in [3.8, 4) is 0 Å². The fourth-order valence-corrected chi connectivity index (χ4v) is 5.64. The Morgan fingerprint density at radius 2 is 2.17 bits per heavy atom. The smallest absolute Gasteiger partial charge is 0.374 e. The van der Waals surface area contributed by atoms with Crippen molar-refractivity contribution in [2.24, 2.45) is 0 Å². The molecule has 0 spiro atoms. The topological polar surface area (TPSA) is 86.0 Å². The summed E-state index contributed by atoms with van der Waals surface area (Å²) in [5.41, 5.74) is 0.954. The fraction of sp³-hybridized carbons (Fsp3) is 0.450. The van der Waals surface area contributed by atoms with Gasteiger partial charge in [-0.15, -0.1) is 11.8 Å². The van der Waals surface area contributed by atoms with E-state index in [0.29, 0.717) is 28.7 Å². The molecule has 2 aliphatic rings. The van der Waals surface area contributed by atoms with Gasteiger partial charge in [-0.3, -0.25) is 4.79 Å². The Balaban J connectivity index is 1.58. The Kier molecular flexibility index (Phi) is 5.37. The van der Waals surface area contributed by atoms with Gasteiger partial charge >= 0.3 is 11.9 Å². The first-order valence-corrected chi connectivity index (χ1v) is 11.1. The molecule has 3 heterocycles. The minimum atomic E-state index is -0.615. The molecule has 7 nitrogen and oxygen atoms in total. The number of carbonyl (C=O) groups is 3. The number of nitrogens with zero attached hydrogens (tertiary/aromatic N) is 1. The van der Waals surface area contributed by atoms with Gasteiger partial charge in [-0.25, -0.2) is 9.59 Å². The molecular formula is C20H20BrNO6S. The van der Waals surface area contributed by atoms with Gasteiger partial charge in [0.2, 0.25) is 11.7 Å². The highest BCUT2D eigenvalue weighted by Crippen LogP contribution is 2.47. The highest BCUT2D eigenvalue weighted by molar-refractivity contribution is 9.10. The van der Waals surface area contributed by atoms with E-state index in [1.807, 2.05) is 6.92 Å². The van der Waals surface area contributed by atoms with Crippen LogP contribution in [0.25, 0.3) is 11.0 Å². The molecule has 0 radical (unpaired) electrons. The number of thioether (sulfide) groups is 1. The van der Waals surface area contributed by atoms with E-state index in [1.54, 1.807) is 41.8 Å². The summed E-state index contributed by atoms with van der Waals surface area (Å²) in [6.45, 7) is 3.75. The molecule has 0 bridgehead atoms. The summed E-state index contributed by atoms with van der Waals surface area (Å²) in [6, 6.07) is 4.72. The van der Waals surface area contributed by atoms with E-state index in [-0.39, 0.29) is 29.8 Å². The van der Waals surface area contributed by atoms with Crippen LogP contribution in [0.2, 0.25) is 0 Å². The van der Waals surface area contributed by atoms with Crippen LogP contribution in [0.5, 0.6) is 0 Å². The Morgan fingerprint density at radius 1 is 1.38 bits per heavy atom. The maximum Gasteiger partial charge on any atom is 0.374 e. The van der Waals surface area contributed by atoms with Gasteiger partial charge in [0.25, 0.3) is 0 Å². The molecule has 1 aromatic heterocycles. The maximum absolute atomic E-state index is 12.8. The molecule has 2 aliphatic heterocycles. The third-order valence-electron chi connectivity index (χ3n) is 5.29. The van der Waals surface area contributed by atoms with Gasteiger partial charge < -0.3 is 18.8 Å². The fourth-order valence-electron chi connectivity index (χ4n) is 3.86. The number of benzene rings is 1. The second kappa shape index (κ2) is 7.68. The Labute approximate surface area is 180 Å². The van der Waals surface area contributed by atoms with Gasteiger partial charge in [-0.1, -0.05) is 15.9 Å². The summed E-state index contributed by atoms with van der Waals surface area (Å²) in [4.78, 5) is 38.7. The molecule has 9 heteroatoms. The van der Waals surface area contributed by atoms with Crippen LogP contribution in [-0.4, -0.2) is 46.0 Å². The zero-order valence-corrected chi connectivity index (χ0v) is 18.4. The van der Waals surface area contributed by atoms with Crippen LogP contribution in [0.1, 0.15) is 42.8 Å². The Morgan fingerprint density at radius 3 is 2.93 bits per heavy atom. The number of hydrogen-bond donors (Lipinski definition) is 0. The SMILES string of the molecule is CCOC(=O)c1oc2ccc(Br)cc2c1COC(=O)[C@H]1CS[C@@]2(C)CCC(=O)N12. The van der Waals surface area contributed by atoms with Crippen molar-refractivity contribution in [2.45, 2.75) is 44.2 Å². The summed E-state index contributed by atoms with van der Waals surface area (Å²) < 4.78 is 17.1. The highest BCUT2D eigenvalue weighted by atomic mass is 79.9. The third kappa shape index (κ3) is 3.54. The van der Waals surface area contributed by atoms with Crippen molar-refractivity contribution in [1.29, 1.82) is 0 Å². The van der Waals surface area contributed by atoms with Crippen molar-refractivity contribution in [1.82, 2.24) is 4.90 Å². The molecule has 4 rings (SSSR count). The second-order valence-corrected chi connectivity index (χ2v) is 9.56. The van der Waals surface area contributed by atoms with Crippen molar-refractivity contribution < 1.29 is 28.3 Å². The first kappa shape index (κ1) is 20.3. The summed E-state index contributed by atoms with van der Waals surface area (Å²) in [6.07, 6.45) is 1.17. The maximum atomic E-state index is 12.8. The zero-order chi connectivity index (χ0) is 20.8. The minimum absolute atomic E-state index is 0.0237. The number of esters is 2. The number of furan rings is 1. The first-order valence-electron chi connectivity index (χ1n) is 9.35. The number of hydrogen-bond acceptors (Lipinski definition) is 7. The van der Waals surface area contributed by atoms with Crippen LogP contribution in [0.15, 0.2) is 27.1 Å². The molecule has 29 heavy (non-hydrogen) atoms. The first-order chi connectivity index (χ1) is 13.8. The van der Waals surface area contributed by atoms with E-state index in [1.165, 1.54) is 0 Å². The van der Waals surface area contributed by atoms with Gasteiger partial charge in [0.05, 0.1) is 17.0 Å². The monoisotopic (exact) mass is 481 g/mol. The van der Waals surface area contributed by atoms with Gasteiger partial charge in [-0.05, 0) is 38.5 Å².